The number of carbonyl (C=O) groups is 1. The number of rotatable bonds is 3. The number of carbonyl (C=O) groups excluding carboxylic acids is 1. The van der Waals surface area contributed by atoms with Crippen molar-refractivity contribution in [3.63, 3.8) is 0 Å². The first-order valence-electron chi connectivity index (χ1n) is 6.05. The molecule has 0 saturated carbocycles. The summed E-state index contributed by atoms with van der Waals surface area (Å²) in [6.07, 6.45) is 1.94. The highest BCUT2D eigenvalue weighted by atomic mass is 16.2. The molecule has 1 heterocycles. The van der Waals surface area contributed by atoms with E-state index in [0.717, 1.165) is 16.5 Å². The Hall–Kier alpha value is -1.81. The molecule has 0 aliphatic rings. The third-order valence-corrected chi connectivity index (χ3v) is 3.38. The maximum absolute atomic E-state index is 11.9. The van der Waals surface area contributed by atoms with Crippen LogP contribution in [0.3, 0.4) is 0 Å². The van der Waals surface area contributed by atoms with E-state index in [0.29, 0.717) is 0 Å². The third-order valence-electron chi connectivity index (χ3n) is 3.38. The average molecular weight is 245 g/mol. The highest BCUT2D eigenvalue weighted by Crippen LogP contribution is 2.27. The van der Waals surface area contributed by atoms with Gasteiger partial charge in [-0.25, -0.2) is 0 Å². The van der Waals surface area contributed by atoms with Crippen LogP contribution in [0.5, 0.6) is 0 Å². The maximum atomic E-state index is 11.9. The summed E-state index contributed by atoms with van der Waals surface area (Å²) in [5.74, 6) is -0.0659. The molecule has 1 aromatic heterocycles. The number of fused-ring (bicyclic) bond motifs is 1. The van der Waals surface area contributed by atoms with Crippen molar-refractivity contribution in [3.05, 3.63) is 36.0 Å². The van der Waals surface area contributed by atoms with E-state index in [1.807, 2.05) is 37.4 Å². The van der Waals surface area contributed by atoms with Gasteiger partial charge in [-0.1, -0.05) is 25.1 Å². The van der Waals surface area contributed by atoms with Crippen LogP contribution in [0.1, 0.15) is 18.4 Å². The Morgan fingerprint density at radius 2 is 2.00 bits per heavy atom. The third kappa shape index (κ3) is 2.11. The number of nitrogens with zero attached hydrogens (tertiary/aromatic N) is 1. The van der Waals surface area contributed by atoms with Gasteiger partial charge in [0.15, 0.2) is 0 Å². The predicted octanol–water partition coefficient (Wildman–Crippen LogP) is 1.69. The molecule has 0 saturated heterocycles. The number of nitrogens with two attached hydrogens (primary N) is 1. The van der Waals surface area contributed by atoms with E-state index in [4.69, 9.17) is 5.73 Å². The lowest BCUT2D eigenvalue weighted by Gasteiger charge is -2.22. The molecule has 96 valence electrons. The van der Waals surface area contributed by atoms with Crippen LogP contribution in [0.4, 0.5) is 0 Å². The smallest absolute Gasteiger partial charge is 0.239 e. The van der Waals surface area contributed by atoms with Gasteiger partial charge in [0.25, 0.3) is 0 Å². The zero-order chi connectivity index (χ0) is 13.3. The minimum absolute atomic E-state index is 0.0175. The topological polar surface area (TPSA) is 62.1 Å². The van der Waals surface area contributed by atoms with Crippen molar-refractivity contribution in [3.8, 4) is 0 Å². The monoisotopic (exact) mass is 245 g/mol. The molecule has 0 aliphatic carbocycles. The van der Waals surface area contributed by atoms with Crippen LogP contribution in [0.15, 0.2) is 30.5 Å². The number of para-hydroxylation sites is 1. The number of aromatic amines is 1. The Morgan fingerprint density at radius 3 is 2.67 bits per heavy atom. The zero-order valence-electron chi connectivity index (χ0n) is 11.0. The number of H-pyrrole nitrogens is 1. The summed E-state index contributed by atoms with van der Waals surface area (Å²) in [5.41, 5.74) is 8.20. The normalized spacial score (nSPS) is 14.4. The van der Waals surface area contributed by atoms with Crippen molar-refractivity contribution in [1.29, 1.82) is 0 Å². The lowest BCUT2D eigenvalue weighted by atomic mass is 9.93. The Balaban J connectivity index is 2.34. The van der Waals surface area contributed by atoms with Gasteiger partial charge in [0.2, 0.25) is 5.91 Å². The summed E-state index contributed by atoms with van der Waals surface area (Å²) in [7, 11) is 3.45. The van der Waals surface area contributed by atoms with Crippen LogP contribution < -0.4 is 5.73 Å². The molecule has 4 heteroatoms. The zero-order valence-corrected chi connectivity index (χ0v) is 11.0. The minimum Gasteiger partial charge on any atom is -0.361 e. The first kappa shape index (κ1) is 12.6. The van der Waals surface area contributed by atoms with Gasteiger partial charge in [0.1, 0.15) is 0 Å². The summed E-state index contributed by atoms with van der Waals surface area (Å²) in [6, 6.07) is 7.53. The highest BCUT2D eigenvalue weighted by molar-refractivity contribution is 5.87. The summed E-state index contributed by atoms with van der Waals surface area (Å²) in [4.78, 5) is 16.7. The van der Waals surface area contributed by atoms with Gasteiger partial charge < -0.3 is 15.6 Å². The molecule has 2 aromatic rings. The number of benzene rings is 1. The van der Waals surface area contributed by atoms with Crippen molar-refractivity contribution in [1.82, 2.24) is 9.88 Å². The SMILES string of the molecule is C[C@@H](c1c[nH]c2ccccc12)[C@H](N)C(=O)N(C)C. The minimum atomic E-state index is -0.515. The Bertz CT molecular complexity index is 559. The molecular formula is C14H19N3O. The quantitative estimate of drug-likeness (QED) is 0.864. The molecule has 2 rings (SSSR count). The van der Waals surface area contributed by atoms with Crippen LogP contribution in [0.25, 0.3) is 10.9 Å². The Morgan fingerprint density at radius 1 is 1.33 bits per heavy atom. The predicted molar refractivity (Wildman–Crippen MR) is 73.4 cm³/mol. The highest BCUT2D eigenvalue weighted by Gasteiger charge is 2.25. The lowest BCUT2D eigenvalue weighted by Crippen LogP contribution is -2.43. The number of amides is 1. The number of nitrogens with one attached hydrogen (secondary N) is 1. The van der Waals surface area contributed by atoms with Crippen molar-refractivity contribution >= 4 is 16.8 Å². The van der Waals surface area contributed by atoms with Crippen molar-refractivity contribution in [2.24, 2.45) is 5.73 Å². The molecule has 18 heavy (non-hydrogen) atoms. The van der Waals surface area contributed by atoms with Gasteiger partial charge in [-0.05, 0) is 11.6 Å². The average Bonchev–Trinajstić information content (AvgIpc) is 2.79. The molecule has 0 unspecified atom stereocenters. The van der Waals surface area contributed by atoms with E-state index in [1.165, 1.54) is 4.90 Å². The maximum Gasteiger partial charge on any atom is 0.239 e. The second kappa shape index (κ2) is 4.82. The standard InChI is InChI=1S/C14H19N3O/c1-9(13(15)14(18)17(2)3)11-8-16-12-7-5-4-6-10(11)12/h4-9,13,16H,15H2,1-3H3/t9-,13-/m0/s1. The van der Waals surface area contributed by atoms with Gasteiger partial charge >= 0.3 is 0 Å². The van der Waals surface area contributed by atoms with E-state index in [1.54, 1.807) is 14.1 Å². The molecule has 0 bridgehead atoms. The van der Waals surface area contributed by atoms with Crippen LogP contribution in [-0.4, -0.2) is 35.9 Å². The molecule has 2 atom stereocenters. The van der Waals surface area contributed by atoms with Crippen molar-refractivity contribution in [2.75, 3.05) is 14.1 Å². The Labute approximate surface area is 107 Å². The van der Waals surface area contributed by atoms with E-state index in [9.17, 15) is 4.79 Å². The van der Waals surface area contributed by atoms with Crippen LogP contribution in [0, 0.1) is 0 Å². The fourth-order valence-electron chi connectivity index (χ4n) is 2.18. The fourth-order valence-corrected chi connectivity index (χ4v) is 2.18. The van der Waals surface area contributed by atoms with Crippen LogP contribution >= 0.6 is 0 Å². The number of hydrogen-bond donors (Lipinski definition) is 2. The number of hydrogen-bond acceptors (Lipinski definition) is 2. The van der Waals surface area contributed by atoms with E-state index in [2.05, 4.69) is 4.98 Å². The number of likely N-dealkylation sites (N-methyl/N-ethyl adjacent to an activating group) is 1. The molecule has 3 N–H and O–H groups in total. The van der Waals surface area contributed by atoms with Crippen molar-refractivity contribution < 1.29 is 4.79 Å². The van der Waals surface area contributed by atoms with Gasteiger partial charge in [-0.15, -0.1) is 0 Å². The van der Waals surface area contributed by atoms with Crippen molar-refractivity contribution in [2.45, 2.75) is 18.9 Å². The largest absolute Gasteiger partial charge is 0.361 e. The molecule has 0 fully saturated rings. The molecule has 0 aliphatic heterocycles. The molecule has 1 aromatic carbocycles. The lowest BCUT2D eigenvalue weighted by molar-refractivity contribution is -0.130. The molecule has 4 nitrogen and oxygen atoms in total. The summed E-state index contributed by atoms with van der Waals surface area (Å²) in [5, 5.41) is 1.13. The second-order valence-corrected chi connectivity index (χ2v) is 4.84. The van der Waals surface area contributed by atoms with Crippen LogP contribution in [-0.2, 0) is 4.79 Å². The number of aromatic nitrogens is 1. The first-order chi connectivity index (χ1) is 8.52. The van der Waals surface area contributed by atoms with Gasteiger partial charge in [-0.2, -0.15) is 0 Å². The van der Waals surface area contributed by atoms with Crippen LogP contribution in [0.2, 0.25) is 0 Å². The van der Waals surface area contributed by atoms with Gasteiger partial charge in [-0.3, -0.25) is 4.79 Å². The molecular weight excluding hydrogens is 226 g/mol. The summed E-state index contributed by atoms with van der Waals surface area (Å²) in [6.45, 7) is 1.99. The summed E-state index contributed by atoms with van der Waals surface area (Å²) < 4.78 is 0. The summed E-state index contributed by atoms with van der Waals surface area (Å²) >= 11 is 0. The molecule has 0 radical (unpaired) electrons. The van der Waals surface area contributed by atoms with E-state index >= 15 is 0 Å². The Kier molecular flexibility index (Phi) is 3.39. The molecule has 0 spiro atoms. The molecule has 1 amide bonds. The van der Waals surface area contributed by atoms with Gasteiger partial charge in [0, 0.05) is 37.1 Å². The van der Waals surface area contributed by atoms with E-state index in [-0.39, 0.29) is 11.8 Å². The fraction of sp³-hybridized carbons (Fsp3) is 0.357. The first-order valence-corrected chi connectivity index (χ1v) is 6.05. The van der Waals surface area contributed by atoms with Gasteiger partial charge in [0.05, 0.1) is 6.04 Å². The van der Waals surface area contributed by atoms with E-state index < -0.39 is 6.04 Å². The second-order valence-electron chi connectivity index (χ2n) is 4.84.